The van der Waals surface area contributed by atoms with Gasteiger partial charge in [0, 0.05) is 88.0 Å². The van der Waals surface area contributed by atoms with E-state index in [9.17, 15) is 13.2 Å². The molecule has 7 rings (SSSR count). The number of aromatic nitrogens is 1. The summed E-state index contributed by atoms with van der Waals surface area (Å²) in [5.41, 5.74) is 7.88. The summed E-state index contributed by atoms with van der Waals surface area (Å²) in [5.74, 6) is -0.0603. The van der Waals surface area contributed by atoms with Crippen LogP contribution in [0.2, 0.25) is 0 Å². The number of unbranched alkanes of at least 4 members (excludes halogenated alkanes) is 2. The molecule has 0 N–H and O–H groups in total. The fourth-order valence-electron chi connectivity index (χ4n) is 8.50. The number of rotatable bonds is 13. The average Bonchev–Trinajstić information content (AvgIpc) is 3.52. The minimum atomic E-state index is -3.74. The molecule has 0 aliphatic carbocycles. The number of hydrogen-bond donors (Lipinski definition) is 0. The van der Waals surface area contributed by atoms with Gasteiger partial charge in [-0.25, -0.2) is 8.42 Å². The number of nitrogens with zero attached hydrogens (tertiary/aromatic N) is 5. The predicted molar refractivity (Wildman–Crippen MR) is 220 cm³/mol. The Bertz CT molecular complexity index is 2130. The monoisotopic (exact) mass is 779 g/mol. The van der Waals surface area contributed by atoms with Gasteiger partial charge in [-0.3, -0.25) is 14.5 Å². The van der Waals surface area contributed by atoms with Gasteiger partial charge in [0.1, 0.15) is 0 Å². The Morgan fingerprint density at radius 3 is 2.18 bits per heavy atom. The Kier molecular flexibility index (Phi) is 12.5. The van der Waals surface area contributed by atoms with Crippen molar-refractivity contribution in [3.05, 3.63) is 112 Å². The van der Waals surface area contributed by atoms with Crippen molar-refractivity contribution in [3.63, 3.8) is 0 Å². The number of amides is 2. The summed E-state index contributed by atoms with van der Waals surface area (Å²) in [6.07, 6.45) is 5.16. The first-order valence-corrected chi connectivity index (χ1v) is 21.9. The highest BCUT2D eigenvalue weighted by Gasteiger charge is 2.36. The van der Waals surface area contributed by atoms with E-state index < -0.39 is 10.0 Å². The molecule has 0 spiro atoms. The van der Waals surface area contributed by atoms with Crippen LogP contribution in [0, 0.1) is 6.92 Å². The maximum atomic E-state index is 15.4. The standard InChI is InChI=1S/C45H57N5O5S/c1-5-7-19-48(20-8-6-2)44(51)40-29-43(46(4)33(40)3)41-27-35-18-21-49(56(53,54)39-16-10-9-11-17-39)30-37(35)28-42(41)45(52)50-31-36-15-13-12-14-34(36)26-38(50)32-47-22-24-55-25-23-47/h9-17,27-29,38H,5-8,18-26,30-32H2,1-4H3/t38-/m0/s1. The molecule has 3 aromatic carbocycles. The van der Waals surface area contributed by atoms with Gasteiger partial charge in [0.05, 0.1) is 23.7 Å². The summed E-state index contributed by atoms with van der Waals surface area (Å²) in [5, 5.41) is 0. The molecule has 2 amide bonds. The number of ether oxygens (including phenoxy) is 1. The van der Waals surface area contributed by atoms with Gasteiger partial charge in [-0.2, -0.15) is 4.31 Å². The van der Waals surface area contributed by atoms with E-state index in [4.69, 9.17) is 4.74 Å². The molecule has 4 heterocycles. The first-order chi connectivity index (χ1) is 27.1. The van der Waals surface area contributed by atoms with E-state index in [0.29, 0.717) is 56.9 Å². The zero-order valence-electron chi connectivity index (χ0n) is 33.5. The minimum Gasteiger partial charge on any atom is -0.379 e. The van der Waals surface area contributed by atoms with Gasteiger partial charge < -0.3 is 19.1 Å². The molecule has 1 atom stereocenters. The van der Waals surface area contributed by atoms with Gasteiger partial charge in [0.2, 0.25) is 10.0 Å². The van der Waals surface area contributed by atoms with Crippen molar-refractivity contribution in [1.82, 2.24) is 23.6 Å². The van der Waals surface area contributed by atoms with Crippen LogP contribution in [0.1, 0.15) is 88.2 Å². The van der Waals surface area contributed by atoms with Crippen molar-refractivity contribution in [1.29, 1.82) is 0 Å². The van der Waals surface area contributed by atoms with E-state index in [1.54, 1.807) is 24.3 Å². The number of fused-ring (bicyclic) bond motifs is 2. The van der Waals surface area contributed by atoms with Crippen molar-refractivity contribution >= 4 is 21.8 Å². The van der Waals surface area contributed by atoms with Crippen LogP contribution in [-0.2, 0) is 47.7 Å². The first kappa shape index (κ1) is 39.9. The Hall–Kier alpha value is -4.29. The van der Waals surface area contributed by atoms with E-state index in [1.807, 2.05) is 48.0 Å². The number of carbonyl (C=O) groups excluding carboxylic acids is 2. The quantitative estimate of drug-likeness (QED) is 0.150. The topological polar surface area (TPSA) is 95.4 Å². The van der Waals surface area contributed by atoms with Crippen LogP contribution >= 0.6 is 0 Å². The molecule has 3 aliphatic heterocycles. The molecule has 10 nitrogen and oxygen atoms in total. The Morgan fingerprint density at radius 2 is 1.48 bits per heavy atom. The third-order valence-corrected chi connectivity index (χ3v) is 13.9. The molecule has 1 fully saturated rings. The van der Waals surface area contributed by atoms with Gasteiger partial charge in [0.15, 0.2) is 0 Å². The minimum absolute atomic E-state index is 0.0251. The second kappa shape index (κ2) is 17.5. The molecule has 0 bridgehead atoms. The van der Waals surface area contributed by atoms with Crippen molar-refractivity contribution in [2.75, 3.05) is 52.5 Å². The lowest BCUT2D eigenvalue weighted by Crippen LogP contribution is -2.52. The Balaban J connectivity index is 1.32. The largest absolute Gasteiger partial charge is 0.379 e. The molecule has 1 aromatic heterocycles. The van der Waals surface area contributed by atoms with Crippen molar-refractivity contribution < 1.29 is 22.7 Å². The smallest absolute Gasteiger partial charge is 0.255 e. The second-order valence-corrected chi connectivity index (χ2v) is 17.6. The lowest BCUT2D eigenvalue weighted by Gasteiger charge is -2.41. The number of carbonyl (C=O) groups is 2. The number of hydrogen-bond acceptors (Lipinski definition) is 6. The molecule has 56 heavy (non-hydrogen) atoms. The zero-order valence-corrected chi connectivity index (χ0v) is 34.3. The summed E-state index contributed by atoms with van der Waals surface area (Å²) in [7, 11) is -1.77. The number of sulfonamides is 1. The highest BCUT2D eigenvalue weighted by Crippen LogP contribution is 2.36. The molecule has 0 radical (unpaired) electrons. The van der Waals surface area contributed by atoms with Crippen LogP contribution in [-0.4, -0.2) is 102 Å². The third-order valence-electron chi connectivity index (χ3n) is 12.0. The first-order valence-electron chi connectivity index (χ1n) is 20.5. The molecule has 0 unspecified atom stereocenters. The summed E-state index contributed by atoms with van der Waals surface area (Å²) in [6.45, 7) is 12.4. The van der Waals surface area contributed by atoms with E-state index in [-0.39, 0.29) is 29.3 Å². The molecule has 4 aromatic rings. The van der Waals surface area contributed by atoms with Gasteiger partial charge in [-0.15, -0.1) is 0 Å². The second-order valence-electron chi connectivity index (χ2n) is 15.6. The van der Waals surface area contributed by atoms with Crippen LogP contribution in [0.5, 0.6) is 0 Å². The van der Waals surface area contributed by atoms with Gasteiger partial charge >= 0.3 is 0 Å². The molecule has 3 aliphatic rings. The van der Waals surface area contributed by atoms with Crippen LogP contribution in [0.3, 0.4) is 0 Å². The molecular weight excluding hydrogens is 723 g/mol. The molecular formula is C45H57N5O5S. The van der Waals surface area contributed by atoms with Crippen molar-refractivity contribution in [2.24, 2.45) is 7.05 Å². The third kappa shape index (κ3) is 8.23. The Morgan fingerprint density at radius 1 is 0.804 bits per heavy atom. The maximum Gasteiger partial charge on any atom is 0.255 e. The van der Waals surface area contributed by atoms with Crippen LogP contribution < -0.4 is 0 Å². The van der Waals surface area contributed by atoms with Crippen LogP contribution in [0.4, 0.5) is 0 Å². The number of morpholine rings is 1. The summed E-state index contributed by atoms with van der Waals surface area (Å²) >= 11 is 0. The van der Waals surface area contributed by atoms with Crippen molar-refractivity contribution in [2.45, 2.75) is 83.3 Å². The maximum absolute atomic E-state index is 15.4. The van der Waals surface area contributed by atoms with Crippen LogP contribution in [0.25, 0.3) is 11.3 Å². The van der Waals surface area contributed by atoms with Gasteiger partial charge in [0.25, 0.3) is 11.8 Å². The van der Waals surface area contributed by atoms with E-state index >= 15 is 4.79 Å². The summed E-state index contributed by atoms with van der Waals surface area (Å²) < 4.78 is 36.9. The molecule has 298 valence electrons. The SMILES string of the molecule is CCCCN(CCCC)C(=O)c1cc(-c2cc3c(cc2C(=O)N2Cc4ccccc4C[C@H]2CN2CCOCC2)CN(S(=O)(=O)c2ccccc2)CC3)n(C)c1C. The predicted octanol–water partition coefficient (Wildman–Crippen LogP) is 6.69. The summed E-state index contributed by atoms with van der Waals surface area (Å²) in [4.78, 5) is 36.3. The average molecular weight is 780 g/mol. The van der Waals surface area contributed by atoms with E-state index in [2.05, 4.69) is 47.6 Å². The highest BCUT2D eigenvalue weighted by molar-refractivity contribution is 7.89. The van der Waals surface area contributed by atoms with Crippen molar-refractivity contribution in [3.8, 4) is 11.3 Å². The highest BCUT2D eigenvalue weighted by atomic mass is 32.2. The number of benzene rings is 3. The lowest BCUT2D eigenvalue weighted by molar-refractivity contribution is 0.0193. The zero-order chi connectivity index (χ0) is 39.4. The van der Waals surface area contributed by atoms with Crippen LogP contribution in [0.15, 0.2) is 77.7 Å². The molecule has 0 saturated carbocycles. The van der Waals surface area contributed by atoms with Gasteiger partial charge in [-0.1, -0.05) is 69.2 Å². The fraction of sp³-hybridized carbons (Fsp3) is 0.467. The molecule has 11 heteroatoms. The lowest BCUT2D eigenvalue weighted by atomic mass is 9.89. The van der Waals surface area contributed by atoms with E-state index in [0.717, 1.165) is 85.4 Å². The van der Waals surface area contributed by atoms with E-state index in [1.165, 1.54) is 9.87 Å². The molecule has 1 saturated heterocycles. The fourth-order valence-corrected chi connectivity index (χ4v) is 9.94. The van der Waals surface area contributed by atoms with Gasteiger partial charge in [-0.05, 0) is 85.2 Å². The Labute approximate surface area is 333 Å². The normalized spacial score (nSPS) is 17.7. The summed E-state index contributed by atoms with van der Waals surface area (Å²) in [6, 6.07) is 22.9.